The Morgan fingerprint density at radius 1 is 1.13 bits per heavy atom. The topological polar surface area (TPSA) is 81.7 Å². The van der Waals surface area contributed by atoms with E-state index in [0.717, 1.165) is 47.5 Å². The third-order valence-electron chi connectivity index (χ3n) is 4.22. The van der Waals surface area contributed by atoms with Gasteiger partial charge in [-0.15, -0.1) is 0 Å². The lowest BCUT2D eigenvalue weighted by Crippen LogP contribution is -2.04. The Kier molecular flexibility index (Phi) is 3.55. The predicted molar refractivity (Wildman–Crippen MR) is 90.6 cm³/mol. The van der Waals surface area contributed by atoms with Crippen LogP contribution in [-0.2, 0) is 0 Å². The number of H-pyrrole nitrogens is 1. The maximum Gasteiger partial charge on any atom is 0.220 e. The number of anilines is 1. The van der Waals surface area contributed by atoms with E-state index in [1.165, 1.54) is 0 Å². The summed E-state index contributed by atoms with van der Waals surface area (Å²) in [4.78, 5) is 12.0. The number of rotatable bonds is 3. The summed E-state index contributed by atoms with van der Waals surface area (Å²) in [6, 6.07) is 12.5. The maximum absolute atomic E-state index is 5.82. The monoisotopic (exact) mass is 304 g/mol. The zero-order valence-electron chi connectivity index (χ0n) is 12.7. The molecule has 1 aliphatic heterocycles. The van der Waals surface area contributed by atoms with Crippen LogP contribution in [-0.4, -0.2) is 21.5 Å². The fraction of sp³-hybridized carbons (Fsp3) is 0.222. The Balaban J connectivity index is 1.77. The molecule has 4 rings (SSSR count). The molecule has 5 nitrogen and oxygen atoms in total. The number of aromatic amines is 1. The molecule has 1 saturated heterocycles. The lowest BCUT2D eigenvalue weighted by atomic mass is 10.0. The van der Waals surface area contributed by atoms with E-state index in [0.29, 0.717) is 0 Å². The van der Waals surface area contributed by atoms with Gasteiger partial charge >= 0.3 is 0 Å². The van der Waals surface area contributed by atoms with Crippen molar-refractivity contribution in [1.82, 2.24) is 20.3 Å². The smallest absolute Gasteiger partial charge is 0.220 e. The van der Waals surface area contributed by atoms with Crippen molar-refractivity contribution in [3.8, 4) is 22.4 Å². The lowest BCUT2D eigenvalue weighted by molar-refractivity contribution is 0.620. The molecule has 0 aliphatic carbocycles. The molecule has 0 amide bonds. The van der Waals surface area contributed by atoms with E-state index in [1.807, 2.05) is 24.4 Å². The van der Waals surface area contributed by atoms with Crippen LogP contribution in [0.5, 0.6) is 0 Å². The molecule has 5 heteroatoms. The summed E-state index contributed by atoms with van der Waals surface area (Å²) in [6.45, 7) is 0.953. The van der Waals surface area contributed by atoms with Gasteiger partial charge in [0.15, 0.2) is 0 Å². The second-order valence-electron chi connectivity index (χ2n) is 5.76. The summed E-state index contributed by atoms with van der Waals surface area (Å²) >= 11 is 0. The average molecular weight is 304 g/mol. The molecule has 1 radical (unpaired) electrons. The van der Waals surface area contributed by atoms with Gasteiger partial charge in [0.1, 0.15) is 0 Å². The highest BCUT2D eigenvalue weighted by Gasteiger charge is 2.20. The Bertz CT molecular complexity index is 803. The summed E-state index contributed by atoms with van der Waals surface area (Å²) in [5, 5.41) is 4.62. The number of nitrogens with two attached hydrogens (primary N) is 1. The van der Waals surface area contributed by atoms with E-state index >= 15 is 0 Å². The fourth-order valence-corrected chi connectivity index (χ4v) is 3.06. The van der Waals surface area contributed by atoms with Crippen LogP contribution in [0.1, 0.15) is 24.6 Å². The minimum atomic E-state index is 0.281. The van der Waals surface area contributed by atoms with Crippen LogP contribution < -0.4 is 11.1 Å². The third-order valence-corrected chi connectivity index (χ3v) is 4.22. The van der Waals surface area contributed by atoms with Crippen molar-refractivity contribution in [3.05, 3.63) is 54.5 Å². The highest BCUT2D eigenvalue weighted by atomic mass is 15.0. The van der Waals surface area contributed by atoms with Gasteiger partial charge in [-0.1, -0.05) is 30.3 Å². The number of hydrogen-bond donors (Lipinski definition) is 2. The van der Waals surface area contributed by atoms with E-state index in [9.17, 15) is 0 Å². The van der Waals surface area contributed by atoms with E-state index < -0.39 is 0 Å². The first kappa shape index (κ1) is 14.0. The van der Waals surface area contributed by atoms with E-state index in [2.05, 4.69) is 38.5 Å². The van der Waals surface area contributed by atoms with Gasteiger partial charge in [0.05, 0.1) is 11.7 Å². The number of aromatic nitrogens is 3. The average Bonchev–Trinajstić information content (AvgIpc) is 3.27. The number of benzene rings is 1. The van der Waals surface area contributed by atoms with Crippen molar-refractivity contribution in [2.24, 2.45) is 0 Å². The van der Waals surface area contributed by atoms with Crippen molar-refractivity contribution >= 4 is 5.95 Å². The van der Waals surface area contributed by atoms with Gasteiger partial charge in [0.2, 0.25) is 5.95 Å². The molecule has 1 aromatic carbocycles. The van der Waals surface area contributed by atoms with Crippen LogP contribution in [0.4, 0.5) is 5.95 Å². The Morgan fingerprint density at radius 3 is 2.78 bits per heavy atom. The standard InChI is InChI=1S/C18H18N5/c19-18-22-11-14(12-5-2-1-3-6-12)17(23-18)13-9-16(21-10-13)15-7-4-8-20-15/h1-3,5-6,9-11,15,21H,4,7-8H2,(H2,19,22,23). The van der Waals surface area contributed by atoms with Gasteiger partial charge in [0, 0.05) is 35.8 Å². The molecule has 1 unspecified atom stereocenters. The molecule has 0 saturated carbocycles. The Hall–Kier alpha value is -2.66. The molecule has 2 aromatic heterocycles. The normalized spacial score (nSPS) is 17.5. The van der Waals surface area contributed by atoms with Gasteiger partial charge < -0.3 is 10.7 Å². The zero-order chi connectivity index (χ0) is 15.6. The minimum Gasteiger partial charge on any atom is -0.368 e. The summed E-state index contributed by atoms with van der Waals surface area (Å²) < 4.78 is 0. The second-order valence-corrected chi connectivity index (χ2v) is 5.76. The highest BCUT2D eigenvalue weighted by molar-refractivity contribution is 5.80. The Labute approximate surface area is 135 Å². The lowest BCUT2D eigenvalue weighted by Gasteiger charge is -2.08. The molecule has 23 heavy (non-hydrogen) atoms. The van der Waals surface area contributed by atoms with Crippen molar-refractivity contribution in [3.63, 3.8) is 0 Å². The van der Waals surface area contributed by atoms with Crippen molar-refractivity contribution in [2.45, 2.75) is 18.9 Å². The number of nitrogen functional groups attached to an aromatic ring is 1. The second kappa shape index (κ2) is 5.85. The number of nitrogens with zero attached hydrogens (tertiary/aromatic N) is 3. The summed E-state index contributed by atoms with van der Waals surface area (Å²) in [5.74, 6) is 0.285. The third kappa shape index (κ3) is 2.71. The first-order valence-electron chi connectivity index (χ1n) is 7.84. The SMILES string of the molecule is Nc1ncc(-c2ccccc2)c(-c2c[nH]c(C3CCC[N]3)c2)n1. The molecule has 0 bridgehead atoms. The molecule has 3 N–H and O–H groups in total. The molecule has 0 spiro atoms. The first-order chi connectivity index (χ1) is 11.3. The summed E-state index contributed by atoms with van der Waals surface area (Å²) in [6.07, 6.45) is 6.04. The zero-order valence-corrected chi connectivity index (χ0v) is 12.7. The predicted octanol–water partition coefficient (Wildman–Crippen LogP) is 3.16. The maximum atomic E-state index is 5.82. The van der Waals surface area contributed by atoms with Crippen LogP contribution in [0.3, 0.4) is 0 Å². The summed E-state index contributed by atoms with van der Waals surface area (Å²) in [7, 11) is 0. The minimum absolute atomic E-state index is 0.281. The number of hydrogen-bond acceptors (Lipinski definition) is 3. The van der Waals surface area contributed by atoms with E-state index in [-0.39, 0.29) is 12.0 Å². The van der Waals surface area contributed by atoms with Gasteiger partial charge in [-0.05, 0) is 24.5 Å². The molecule has 3 heterocycles. The van der Waals surface area contributed by atoms with Gasteiger partial charge in [-0.3, -0.25) is 0 Å². The molecular formula is C18H18N5. The molecule has 3 aromatic rings. The van der Waals surface area contributed by atoms with Crippen LogP contribution in [0.2, 0.25) is 0 Å². The molecule has 1 atom stereocenters. The summed E-state index contributed by atoms with van der Waals surface area (Å²) in [5.41, 5.74) is 10.9. The number of nitrogens with one attached hydrogen (secondary N) is 1. The Morgan fingerprint density at radius 2 is 2.00 bits per heavy atom. The van der Waals surface area contributed by atoms with Gasteiger partial charge in [0.25, 0.3) is 0 Å². The highest BCUT2D eigenvalue weighted by Crippen LogP contribution is 2.33. The van der Waals surface area contributed by atoms with Crippen LogP contribution in [0.25, 0.3) is 22.4 Å². The molecule has 115 valence electrons. The van der Waals surface area contributed by atoms with Gasteiger partial charge in [-0.25, -0.2) is 15.3 Å². The van der Waals surface area contributed by atoms with Crippen molar-refractivity contribution < 1.29 is 0 Å². The van der Waals surface area contributed by atoms with Crippen molar-refractivity contribution in [1.29, 1.82) is 0 Å². The molecule has 1 aliphatic rings. The van der Waals surface area contributed by atoms with Crippen LogP contribution in [0, 0.1) is 0 Å². The first-order valence-corrected chi connectivity index (χ1v) is 7.84. The van der Waals surface area contributed by atoms with Crippen molar-refractivity contribution in [2.75, 3.05) is 12.3 Å². The quantitative estimate of drug-likeness (QED) is 0.779. The largest absolute Gasteiger partial charge is 0.368 e. The molecule has 1 fully saturated rings. The van der Waals surface area contributed by atoms with Gasteiger partial charge in [-0.2, -0.15) is 0 Å². The van der Waals surface area contributed by atoms with Crippen LogP contribution >= 0.6 is 0 Å². The van der Waals surface area contributed by atoms with Crippen LogP contribution in [0.15, 0.2) is 48.8 Å². The van der Waals surface area contributed by atoms with E-state index in [4.69, 9.17) is 5.73 Å². The van der Waals surface area contributed by atoms with E-state index in [1.54, 1.807) is 6.20 Å². The fourth-order valence-electron chi connectivity index (χ4n) is 3.06. The molecular weight excluding hydrogens is 286 g/mol.